The number of amides is 2. The molecular formula is C26H30N10O3. The summed E-state index contributed by atoms with van der Waals surface area (Å²) in [5.74, 6) is 0.377. The lowest BCUT2D eigenvalue weighted by atomic mass is 10.0. The number of piperidine rings is 1. The number of likely N-dealkylation sites (tertiary alicyclic amines) is 1. The lowest BCUT2D eigenvalue weighted by Gasteiger charge is -2.32. The van der Waals surface area contributed by atoms with E-state index in [1.807, 2.05) is 13.0 Å². The van der Waals surface area contributed by atoms with Crippen LogP contribution in [0.2, 0.25) is 0 Å². The number of imidazole rings is 2. The van der Waals surface area contributed by atoms with Gasteiger partial charge in [0.1, 0.15) is 5.69 Å². The normalized spacial score (nSPS) is 15.9. The lowest BCUT2D eigenvalue weighted by Crippen LogP contribution is -2.41. The van der Waals surface area contributed by atoms with Crippen LogP contribution in [0.1, 0.15) is 58.5 Å². The number of pyridine rings is 1. The summed E-state index contributed by atoms with van der Waals surface area (Å²) in [6.07, 6.45) is 8.24. The van der Waals surface area contributed by atoms with Crippen molar-refractivity contribution in [2.24, 2.45) is 0 Å². The van der Waals surface area contributed by atoms with Crippen LogP contribution in [0.25, 0.3) is 5.65 Å². The molecule has 0 radical (unpaired) electrons. The number of nitrogens with zero attached hydrogens (tertiary/aromatic N) is 6. The van der Waals surface area contributed by atoms with Crippen molar-refractivity contribution in [3.63, 3.8) is 0 Å². The molecule has 4 aromatic rings. The minimum absolute atomic E-state index is 0.0451. The van der Waals surface area contributed by atoms with Gasteiger partial charge in [0, 0.05) is 50.7 Å². The zero-order chi connectivity index (χ0) is 27.1. The molecule has 6 rings (SSSR count). The molecule has 1 saturated carbocycles. The molecule has 0 aromatic carbocycles. The van der Waals surface area contributed by atoms with Gasteiger partial charge in [0.15, 0.2) is 23.0 Å². The third kappa shape index (κ3) is 4.82. The first kappa shape index (κ1) is 24.6. The quantitative estimate of drug-likeness (QED) is 0.283. The van der Waals surface area contributed by atoms with Crippen LogP contribution < -0.4 is 21.5 Å². The van der Waals surface area contributed by atoms with Gasteiger partial charge in [0.05, 0.1) is 17.6 Å². The molecular weight excluding hydrogens is 500 g/mol. The lowest BCUT2D eigenvalue weighted by molar-refractivity contribution is 0.0682. The van der Waals surface area contributed by atoms with Crippen LogP contribution >= 0.6 is 0 Å². The topological polar surface area (TPSA) is 154 Å². The van der Waals surface area contributed by atoms with Crippen molar-refractivity contribution in [3.05, 3.63) is 64.4 Å². The first-order valence-corrected chi connectivity index (χ1v) is 13.1. The number of nitrogens with one attached hydrogen (secondary N) is 4. The average molecular weight is 531 g/mol. The molecule has 1 saturated heterocycles. The van der Waals surface area contributed by atoms with Gasteiger partial charge < -0.3 is 30.4 Å². The van der Waals surface area contributed by atoms with Crippen LogP contribution in [0.3, 0.4) is 0 Å². The Morgan fingerprint density at radius 2 is 1.92 bits per heavy atom. The van der Waals surface area contributed by atoms with Crippen LogP contribution in [0.4, 0.5) is 17.2 Å². The van der Waals surface area contributed by atoms with Gasteiger partial charge in [0.25, 0.3) is 17.4 Å². The number of aryl methyl sites for hydroxylation is 1. The average Bonchev–Trinajstić information content (AvgIpc) is 3.47. The van der Waals surface area contributed by atoms with E-state index >= 15 is 0 Å². The third-order valence-corrected chi connectivity index (χ3v) is 7.17. The van der Waals surface area contributed by atoms with Gasteiger partial charge in [-0.15, -0.1) is 5.10 Å². The summed E-state index contributed by atoms with van der Waals surface area (Å²) in [6.45, 7) is 2.90. The predicted octanol–water partition coefficient (Wildman–Crippen LogP) is 2.08. The van der Waals surface area contributed by atoms with Crippen LogP contribution in [-0.4, -0.2) is 72.0 Å². The van der Waals surface area contributed by atoms with Crippen LogP contribution in [-0.2, 0) is 0 Å². The summed E-state index contributed by atoms with van der Waals surface area (Å²) < 4.78 is 3.20. The van der Waals surface area contributed by atoms with Gasteiger partial charge in [-0.3, -0.25) is 14.4 Å². The van der Waals surface area contributed by atoms with Gasteiger partial charge in [0.2, 0.25) is 0 Å². The Morgan fingerprint density at radius 3 is 2.62 bits per heavy atom. The Hall–Kier alpha value is -4.68. The van der Waals surface area contributed by atoms with Gasteiger partial charge in [-0.1, -0.05) is 0 Å². The largest absolute Gasteiger partial charge is 0.385 e. The van der Waals surface area contributed by atoms with Crippen LogP contribution in [0.15, 0.2) is 41.6 Å². The maximum atomic E-state index is 13.5. The fraction of sp³-hybridized carbons (Fsp3) is 0.385. The molecule has 0 atom stereocenters. The van der Waals surface area contributed by atoms with Crippen LogP contribution in [0.5, 0.6) is 0 Å². The molecule has 39 heavy (non-hydrogen) atoms. The molecule has 4 N–H and O–H groups in total. The van der Waals surface area contributed by atoms with Crippen molar-refractivity contribution in [3.8, 4) is 0 Å². The van der Waals surface area contributed by atoms with Crippen molar-refractivity contribution in [1.82, 2.24) is 39.3 Å². The van der Waals surface area contributed by atoms with E-state index in [0.717, 1.165) is 18.5 Å². The molecule has 13 nitrogen and oxygen atoms in total. The van der Waals surface area contributed by atoms with Gasteiger partial charge >= 0.3 is 0 Å². The number of aromatic amines is 1. The van der Waals surface area contributed by atoms with E-state index in [2.05, 4.69) is 36.0 Å². The van der Waals surface area contributed by atoms with E-state index < -0.39 is 0 Å². The highest BCUT2D eigenvalue weighted by atomic mass is 16.2. The Labute approximate surface area is 223 Å². The Kier molecular flexibility index (Phi) is 6.25. The number of aromatic nitrogens is 6. The zero-order valence-corrected chi connectivity index (χ0v) is 21.8. The monoisotopic (exact) mass is 530 g/mol. The van der Waals surface area contributed by atoms with Crippen LogP contribution in [0, 0.1) is 6.92 Å². The van der Waals surface area contributed by atoms with Crippen molar-refractivity contribution in [1.29, 1.82) is 0 Å². The molecule has 5 heterocycles. The number of rotatable bonds is 7. The first-order valence-electron chi connectivity index (χ1n) is 13.1. The Balaban J connectivity index is 1.21. The van der Waals surface area contributed by atoms with Gasteiger partial charge in [-0.25, -0.2) is 14.5 Å². The number of hydrogen-bond acceptors (Lipinski definition) is 8. The van der Waals surface area contributed by atoms with E-state index in [4.69, 9.17) is 0 Å². The molecule has 202 valence electrons. The predicted molar refractivity (Wildman–Crippen MR) is 145 cm³/mol. The smallest absolute Gasteiger partial charge is 0.289 e. The minimum atomic E-state index is -0.231. The maximum Gasteiger partial charge on any atom is 0.289 e. The summed E-state index contributed by atoms with van der Waals surface area (Å²) >= 11 is 0. The highest BCUT2D eigenvalue weighted by molar-refractivity contribution is 5.94. The number of fused-ring (bicyclic) bond motifs is 1. The molecule has 2 fully saturated rings. The number of anilines is 3. The minimum Gasteiger partial charge on any atom is -0.385 e. The number of hydrogen-bond donors (Lipinski definition) is 4. The van der Waals surface area contributed by atoms with Crippen molar-refractivity contribution < 1.29 is 9.59 Å². The molecule has 1 aliphatic heterocycles. The van der Waals surface area contributed by atoms with Crippen molar-refractivity contribution in [2.45, 2.75) is 44.7 Å². The number of H-pyrrole nitrogens is 1. The fourth-order valence-corrected chi connectivity index (χ4v) is 4.91. The number of carbonyl (C=O) groups excluding carboxylic acids is 2. The first-order chi connectivity index (χ1) is 18.9. The molecule has 0 spiro atoms. The van der Waals surface area contributed by atoms with Crippen molar-refractivity contribution in [2.75, 3.05) is 30.8 Å². The summed E-state index contributed by atoms with van der Waals surface area (Å²) in [7, 11) is 1.76. The zero-order valence-electron chi connectivity index (χ0n) is 21.8. The second-order valence-corrected chi connectivity index (χ2v) is 9.99. The van der Waals surface area contributed by atoms with Crippen molar-refractivity contribution >= 4 is 34.7 Å². The Bertz CT molecular complexity index is 1610. The molecule has 0 bridgehead atoms. The second kappa shape index (κ2) is 9.89. The number of carbonyl (C=O) groups is 2. The molecule has 1 aliphatic carbocycles. The highest BCUT2D eigenvalue weighted by Crippen LogP contribution is 2.25. The summed E-state index contributed by atoms with van der Waals surface area (Å²) in [5, 5.41) is 13.8. The summed E-state index contributed by atoms with van der Waals surface area (Å²) in [6, 6.07) is 5.43. The molecule has 4 aromatic heterocycles. The fourth-order valence-electron chi connectivity index (χ4n) is 4.91. The van der Waals surface area contributed by atoms with E-state index in [-0.39, 0.29) is 29.5 Å². The van der Waals surface area contributed by atoms with Gasteiger partial charge in [-0.2, -0.15) is 0 Å². The van der Waals surface area contributed by atoms with E-state index in [1.165, 1.54) is 10.7 Å². The van der Waals surface area contributed by atoms with E-state index in [1.54, 1.807) is 41.0 Å². The van der Waals surface area contributed by atoms with E-state index in [0.29, 0.717) is 60.3 Å². The summed E-state index contributed by atoms with van der Waals surface area (Å²) in [5.41, 5.74) is 2.45. The Morgan fingerprint density at radius 1 is 1.13 bits per heavy atom. The molecule has 13 heteroatoms. The SMILES string of the molecule is CNc1cc(Nc2cccn(C3CCN(C(=O)c4nc(C)c[nH]4)CC3)c2=O)nn2c(C(=O)NC3CC3)cnc12. The standard InChI is InChI=1S/C26H30N10O3/c1-15-13-28-22(30-15)26(39)34-10-7-17(8-11-34)35-9-3-4-18(25(35)38)32-21-12-19(27-2)23-29-14-20(36(23)33-21)24(37)31-16-5-6-16/h3-4,9,12-14,16-17,27H,5-8,10-11H2,1-2H3,(H,28,30)(H,31,37)(H,32,33). The highest BCUT2D eigenvalue weighted by Gasteiger charge is 2.28. The maximum absolute atomic E-state index is 13.5. The molecule has 2 amide bonds. The third-order valence-electron chi connectivity index (χ3n) is 7.17. The molecule has 0 unspecified atom stereocenters. The molecule has 2 aliphatic rings. The summed E-state index contributed by atoms with van der Waals surface area (Å²) in [4.78, 5) is 52.2. The van der Waals surface area contributed by atoms with E-state index in [9.17, 15) is 14.4 Å². The second-order valence-electron chi connectivity index (χ2n) is 9.99. The van der Waals surface area contributed by atoms with Gasteiger partial charge in [-0.05, 0) is 44.7 Å².